The Labute approximate surface area is 163 Å². The highest BCUT2D eigenvalue weighted by Gasteiger charge is 2.26. The molecule has 0 aromatic carbocycles. The van der Waals surface area contributed by atoms with Crippen molar-refractivity contribution in [3.05, 3.63) is 35.7 Å². The summed E-state index contributed by atoms with van der Waals surface area (Å²) in [5.74, 6) is 3.33. The molecule has 0 saturated carbocycles. The summed E-state index contributed by atoms with van der Waals surface area (Å²) in [6.07, 6.45) is 4.30. The molecule has 5 heterocycles. The fourth-order valence-corrected chi connectivity index (χ4v) is 4.09. The van der Waals surface area contributed by atoms with Gasteiger partial charge < -0.3 is 14.2 Å². The van der Waals surface area contributed by atoms with E-state index in [1.165, 1.54) is 0 Å². The number of rotatable bonds is 4. The van der Waals surface area contributed by atoms with Gasteiger partial charge in [-0.1, -0.05) is 0 Å². The zero-order valence-electron chi connectivity index (χ0n) is 16.5. The van der Waals surface area contributed by atoms with Crippen LogP contribution >= 0.6 is 0 Å². The molecule has 0 radical (unpaired) electrons. The lowest BCUT2D eigenvalue weighted by Gasteiger charge is -2.30. The number of hydrogen-bond acceptors (Lipinski definition) is 7. The Balaban J connectivity index is 1.26. The Hall–Kier alpha value is -2.52. The summed E-state index contributed by atoms with van der Waals surface area (Å²) in [6, 6.07) is 3.96. The van der Waals surface area contributed by atoms with Gasteiger partial charge in [-0.2, -0.15) is 4.52 Å². The number of imidazole rings is 1. The molecule has 9 nitrogen and oxygen atoms in total. The van der Waals surface area contributed by atoms with E-state index in [1.807, 2.05) is 35.6 Å². The van der Waals surface area contributed by atoms with E-state index in [1.54, 1.807) is 0 Å². The molecule has 0 unspecified atom stereocenters. The minimum atomic E-state index is 0.389. The van der Waals surface area contributed by atoms with Crippen molar-refractivity contribution in [1.29, 1.82) is 0 Å². The van der Waals surface area contributed by atoms with Crippen molar-refractivity contribution >= 4 is 11.5 Å². The monoisotopic (exact) mass is 382 g/mol. The fraction of sp³-hybridized carbons (Fsp3) is 0.579. The molecule has 0 bridgehead atoms. The quantitative estimate of drug-likeness (QED) is 0.673. The maximum atomic E-state index is 5.49. The Bertz CT molecular complexity index is 946. The van der Waals surface area contributed by atoms with E-state index in [0.717, 1.165) is 74.4 Å². The zero-order chi connectivity index (χ0) is 19.1. The molecule has 5 rings (SSSR count). The summed E-state index contributed by atoms with van der Waals surface area (Å²) in [5, 5.41) is 13.5. The predicted molar refractivity (Wildman–Crippen MR) is 104 cm³/mol. The van der Waals surface area contributed by atoms with Crippen LogP contribution in [0.15, 0.2) is 18.3 Å². The van der Waals surface area contributed by atoms with Gasteiger partial charge in [-0.25, -0.2) is 4.98 Å². The van der Waals surface area contributed by atoms with Gasteiger partial charge in [0.05, 0.1) is 12.3 Å². The van der Waals surface area contributed by atoms with Gasteiger partial charge in [-0.3, -0.25) is 4.90 Å². The largest absolute Gasteiger partial charge is 0.372 e. The van der Waals surface area contributed by atoms with Crippen LogP contribution in [-0.2, 0) is 24.4 Å². The summed E-state index contributed by atoms with van der Waals surface area (Å²) in [5.41, 5.74) is 1.96. The molecule has 1 saturated heterocycles. The second-order valence-electron chi connectivity index (χ2n) is 7.86. The predicted octanol–water partition coefficient (Wildman–Crippen LogP) is 1.30. The van der Waals surface area contributed by atoms with Crippen molar-refractivity contribution in [1.82, 2.24) is 34.3 Å². The summed E-state index contributed by atoms with van der Waals surface area (Å²) in [4.78, 5) is 9.22. The van der Waals surface area contributed by atoms with Crippen LogP contribution in [0.3, 0.4) is 0 Å². The van der Waals surface area contributed by atoms with E-state index in [9.17, 15) is 0 Å². The van der Waals surface area contributed by atoms with Crippen molar-refractivity contribution in [2.45, 2.75) is 38.5 Å². The average molecular weight is 382 g/mol. The van der Waals surface area contributed by atoms with Crippen LogP contribution in [0.25, 0.3) is 5.65 Å². The molecule has 9 heteroatoms. The third kappa shape index (κ3) is 3.24. The molecule has 0 spiro atoms. The highest BCUT2D eigenvalue weighted by molar-refractivity contribution is 5.45. The van der Waals surface area contributed by atoms with Crippen LogP contribution in [0.4, 0.5) is 5.82 Å². The molecule has 2 aliphatic rings. The van der Waals surface area contributed by atoms with Crippen molar-refractivity contribution in [3.63, 3.8) is 0 Å². The number of nitrogens with zero attached hydrogens (tertiary/aromatic N) is 8. The van der Waals surface area contributed by atoms with Gasteiger partial charge in [0, 0.05) is 39.3 Å². The van der Waals surface area contributed by atoms with Gasteiger partial charge in [0.15, 0.2) is 11.5 Å². The van der Waals surface area contributed by atoms with Gasteiger partial charge in [0.25, 0.3) is 0 Å². The van der Waals surface area contributed by atoms with E-state index in [-0.39, 0.29) is 0 Å². The van der Waals surface area contributed by atoms with E-state index in [4.69, 9.17) is 14.8 Å². The van der Waals surface area contributed by atoms with Gasteiger partial charge >= 0.3 is 0 Å². The minimum Gasteiger partial charge on any atom is -0.372 e. The first kappa shape index (κ1) is 17.6. The fourth-order valence-electron chi connectivity index (χ4n) is 4.09. The molecule has 0 amide bonds. The number of anilines is 1. The lowest BCUT2D eigenvalue weighted by molar-refractivity contribution is 0.0816. The van der Waals surface area contributed by atoms with Crippen molar-refractivity contribution in [2.24, 2.45) is 0 Å². The standard InChI is InChI=1S/C19H26N8O/c1-24(2)17-4-3-16-21-22-19(27(16)23-17)14-5-7-25(8-6-14)11-15-12-26-9-10-28-13-18(26)20-15/h3-4,12,14H,5-11,13H2,1-2H3. The van der Waals surface area contributed by atoms with Gasteiger partial charge in [-0.05, 0) is 38.1 Å². The van der Waals surface area contributed by atoms with E-state index < -0.39 is 0 Å². The zero-order valence-corrected chi connectivity index (χ0v) is 16.5. The molecule has 0 atom stereocenters. The molecule has 0 aliphatic carbocycles. The van der Waals surface area contributed by atoms with E-state index in [2.05, 4.69) is 25.9 Å². The molecule has 3 aromatic rings. The van der Waals surface area contributed by atoms with Crippen LogP contribution in [0.5, 0.6) is 0 Å². The highest BCUT2D eigenvalue weighted by atomic mass is 16.5. The first-order chi connectivity index (χ1) is 13.7. The van der Waals surface area contributed by atoms with Crippen LogP contribution < -0.4 is 4.90 Å². The molecule has 3 aromatic heterocycles. The van der Waals surface area contributed by atoms with Crippen LogP contribution in [0.2, 0.25) is 0 Å². The van der Waals surface area contributed by atoms with Gasteiger partial charge in [0.1, 0.15) is 18.2 Å². The third-order valence-electron chi connectivity index (χ3n) is 5.69. The SMILES string of the molecule is CN(C)c1ccc2nnc(C3CCN(Cc4cn5c(n4)COCC5)CC3)n2n1. The minimum absolute atomic E-state index is 0.389. The Kier molecular flexibility index (Phi) is 4.48. The van der Waals surface area contributed by atoms with Crippen molar-refractivity contribution in [3.8, 4) is 0 Å². The smallest absolute Gasteiger partial charge is 0.178 e. The van der Waals surface area contributed by atoms with Crippen molar-refractivity contribution in [2.75, 3.05) is 38.7 Å². The lowest BCUT2D eigenvalue weighted by Crippen LogP contribution is -2.33. The molecule has 148 valence electrons. The molecular weight excluding hydrogens is 356 g/mol. The van der Waals surface area contributed by atoms with E-state index >= 15 is 0 Å². The number of aromatic nitrogens is 6. The van der Waals surface area contributed by atoms with E-state index in [0.29, 0.717) is 12.5 Å². The maximum absolute atomic E-state index is 5.49. The Morgan fingerprint density at radius 1 is 1.14 bits per heavy atom. The molecule has 1 fully saturated rings. The number of piperidine rings is 1. The summed E-state index contributed by atoms with van der Waals surface area (Å²) >= 11 is 0. The van der Waals surface area contributed by atoms with Gasteiger partial charge in [-0.15, -0.1) is 15.3 Å². The first-order valence-corrected chi connectivity index (χ1v) is 9.92. The molecule has 2 aliphatic heterocycles. The number of hydrogen-bond donors (Lipinski definition) is 0. The van der Waals surface area contributed by atoms with Crippen LogP contribution in [0, 0.1) is 0 Å². The van der Waals surface area contributed by atoms with Crippen LogP contribution in [-0.4, -0.2) is 68.1 Å². The third-order valence-corrected chi connectivity index (χ3v) is 5.69. The number of fused-ring (bicyclic) bond motifs is 2. The second kappa shape index (κ2) is 7.14. The van der Waals surface area contributed by atoms with Crippen molar-refractivity contribution < 1.29 is 4.74 Å². The molecule has 28 heavy (non-hydrogen) atoms. The summed E-state index contributed by atoms with van der Waals surface area (Å²) in [6.45, 7) is 5.29. The Morgan fingerprint density at radius 3 is 2.79 bits per heavy atom. The van der Waals surface area contributed by atoms with Crippen LogP contribution in [0.1, 0.15) is 36.1 Å². The summed E-state index contributed by atoms with van der Waals surface area (Å²) < 4.78 is 9.63. The first-order valence-electron chi connectivity index (χ1n) is 9.92. The average Bonchev–Trinajstić information content (AvgIpc) is 3.31. The van der Waals surface area contributed by atoms with Gasteiger partial charge in [0.2, 0.25) is 0 Å². The topological polar surface area (TPSA) is 76.6 Å². The number of likely N-dealkylation sites (tertiary alicyclic amines) is 1. The molecular formula is C19H26N8O. The second-order valence-corrected chi connectivity index (χ2v) is 7.86. The lowest BCUT2D eigenvalue weighted by atomic mass is 9.96. The highest BCUT2D eigenvalue weighted by Crippen LogP contribution is 2.28. The Morgan fingerprint density at radius 2 is 2.00 bits per heavy atom. The molecule has 0 N–H and O–H groups in total. The maximum Gasteiger partial charge on any atom is 0.178 e. The normalized spacial score (nSPS) is 18.5. The summed E-state index contributed by atoms with van der Waals surface area (Å²) in [7, 11) is 3.99. The number of ether oxygens (including phenoxy) is 1.